The Bertz CT molecular complexity index is 555. The van der Waals surface area contributed by atoms with E-state index in [0.717, 1.165) is 32.2 Å². The maximum atomic E-state index is 12.8. The lowest BCUT2D eigenvalue weighted by Crippen LogP contribution is -2.38. The number of aldehydes is 1. The van der Waals surface area contributed by atoms with Gasteiger partial charge in [-0.3, -0.25) is 0 Å². The summed E-state index contributed by atoms with van der Waals surface area (Å²) >= 11 is 0. The number of hydrogen-bond acceptors (Lipinski definition) is 7. The summed E-state index contributed by atoms with van der Waals surface area (Å²) in [5.74, 6) is -1.18. The van der Waals surface area contributed by atoms with Gasteiger partial charge in [0.05, 0.1) is 0 Å². The highest BCUT2D eigenvalue weighted by atomic mass is 19.1. The Morgan fingerprint density at radius 3 is 2.26 bits per heavy atom. The highest BCUT2D eigenvalue weighted by molar-refractivity contribution is 5.77. The lowest BCUT2D eigenvalue weighted by molar-refractivity contribution is -0.154. The molecule has 1 aromatic carbocycles. The van der Waals surface area contributed by atoms with E-state index >= 15 is 0 Å². The first kappa shape index (κ1) is 25.1. The number of halogens is 1. The molecule has 1 heterocycles. The van der Waals surface area contributed by atoms with Crippen molar-refractivity contribution in [3.63, 3.8) is 0 Å². The number of aliphatic hydroxyl groups is 4. The fraction of sp³-hybridized carbons (Fsp3) is 0.556. The number of carboxylic acids is 1. The number of rotatable bonds is 5. The number of hydrogen-bond donors (Lipinski definition) is 5. The number of nitrogens with zero attached hydrogens (tertiary/aromatic N) is 1. The molecule has 9 heteroatoms. The molecule has 0 bridgehead atoms. The fourth-order valence-corrected chi connectivity index (χ4v) is 2.77. The summed E-state index contributed by atoms with van der Waals surface area (Å²) in [4.78, 5) is 21.5. The molecule has 0 spiro atoms. The van der Waals surface area contributed by atoms with Crippen LogP contribution in [0.3, 0.4) is 0 Å². The van der Waals surface area contributed by atoms with Gasteiger partial charge in [-0.25, -0.2) is 9.18 Å². The van der Waals surface area contributed by atoms with Gasteiger partial charge in [-0.05, 0) is 43.6 Å². The van der Waals surface area contributed by atoms with Crippen molar-refractivity contribution < 1.29 is 39.5 Å². The molecular formula is C18H28FNO7. The minimum Gasteiger partial charge on any atom is -0.479 e. The third kappa shape index (κ3) is 8.55. The molecular weight excluding hydrogens is 361 g/mol. The average molecular weight is 389 g/mol. The van der Waals surface area contributed by atoms with Crippen LogP contribution in [0.2, 0.25) is 0 Å². The van der Waals surface area contributed by atoms with E-state index in [1.807, 2.05) is 12.1 Å². The minimum absolute atomic E-state index is 0.0429. The second-order valence-corrected chi connectivity index (χ2v) is 6.06. The topological polar surface area (TPSA) is 139 Å². The molecule has 3 unspecified atom stereocenters. The largest absolute Gasteiger partial charge is 0.479 e. The Balaban J connectivity index is 0.000000528. The van der Waals surface area contributed by atoms with Crippen LogP contribution in [-0.2, 0) is 9.59 Å². The summed E-state index contributed by atoms with van der Waals surface area (Å²) in [5, 5.41) is 40.9. The maximum absolute atomic E-state index is 12.8. The van der Waals surface area contributed by atoms with Crippen LogP contribution in [0.5, 0.6) is 0 Å². The van der Waals surface area contributed by atoms with Gasteiger partial charge in [0.15, 0.2) is 12.4 Å². The first-order chi connectivity index (χ1) is 12.8. The van der Waals surface area contributed by atoms with Gasteiger partial charge in [0.25, 0.3) is 0 Å². The van der Waals surface area contributed by atoms with Crippen molar-refractivity contribution in [3.8, 4) is 0 Å². The molecule has 1 fully saturated rings. The Morgan fingerprint density at radius 2 is 1.85 bits per heavy atom. The van der Waals surface area contributed by atoms with Crippen LogP contribution in [0.1, 0.15) is 17.9 Å². The molecule has 154 valence electrons. The summed E-state index contributed by atoms with van der Waals surface area (Å²) in [6.07, 6.45) is -2.85. The average Bonchev–Trinajstić information content (AvgIpc) is 2.69. The lowest BCUT2D eigenvalue weighted by atomic mass is 9.81. The van der Waals surface area contributed by atoms with E-state index in [1.165, 1.54) is 12.1 Å². The molecule has 1 aliphatic heterocycles. The molecule has 0 amide bonds. The molecule has 27 heavy (non-hydrogen) atoms. The molecule has 4 atom stereocenters. The van der Waals surface area contributed by atoms with E-state index in [9.17, 15) is 19.1 Å². The normalized spacial score (nSPS) is 21.6. The van der Waals surface area contributed by atoms with Gasteiger partial charge in [-0.2, -0.15) is 0 Å². The van der Waals surface area contributed by atoms with Crippen LogP contribution >= 0.6 is 0 Å². The van der Waals surface area contributed by atoms with Crippen molar-refractivity contribution in [1.82, 2.24) is 4.90 Å². The smallest absolute Gasteiger partial charge is 0.335 e. The van der Waals surface area contributed by atoms with Crippen LogP contribution in [0.25, 0.3) is 0 Å². The van der Waals surface area contributed by atoms with E-state index in [0.29, 0.717) is 5.92 Å². The number of carbonyl (C=O) groups excluding carboxylic acids is 1. The summed E-state index contributed by atoms with van der Waals surface area (Å²) in [7, 11) is 3.07. The maximum Gasteiger partial charge on any atom is 0.335 e. The third-order valence-electron chi connectivity index (χ3n) is 4.19. The number of carboxylic acid groups (broad SMARTS) is 1. The molecule has 2 rings (SSSR count). The Kier molecular flexibility index (Phi) is 12.3. The van der Waals surface area contributed by atoms with Gasteiger partial charge in [0.2, 0.25) is 0 Å². The summed E-state index contributed by atoms with van der Waals surface area (Å²) in [6.45, 7) is 2.16. The minimum atomic E-state index is -2.01. The lowest BCUT2D eigenvalue weighted by Gasteiger charge is -2.36. The van der Waals surface area contributed by atoms with Gasteiger partial charge in [0.1, 0.15) is 11.9 Å². The molecule has 1 aliphatic rings. The summed E-state index contributed by atoms with van der Waals surface area (Å²) < 4.78 is 12.8. The first-order valence-corrected chi connectivity index (χ1v) is 8.34. The number of benzene rings is 1. The molecule has 1 saturated heterocycles. The van der Waals surface area contributed by atoms with Crippen molar-refractivity contribution in [2.45, 2.75) is 24.5 Å². The van der Waals surface area contributed by atoms with Crippen LogP contribution in [0, 0.1) is 11.7 Å². The number of aliphatic carboxylic acids is 1. The Morgan fingerprint density at radius 1 is 1.30 bits per heavy atom. The van der Waals surface area contributed by atoms with Crippen LogP contribution in [0.4, 0.5) is 4.39 Å². The van der Waals surface area contributed by atoms with Crippen molar-refractivity contribution in [2.24, 2.45) is 5.92 Å². The van der Waals surface area contributed by atoms with Gasteiger partial charge < -0.3 is 35.2 Å². The van der Waals surface area contributed by atoms with Gasteiger partial charge in [-0.15, -0.1) is 0 Å². The highest BCUT2D eigenvalue weighted by Gasteiger charge is 2.28. The van der Waals surface area contributed by atoms with Gasteiger partial charge in [0, 0.05) is 26.2 Å². The van der Waals surface area contributed by atoms with Crippen molar-refractivity contribution in [1.29, 1.82) is 0 Å². The van der Waals surface area contributed by atoms with Crippen LogP contribution in [0.15, 0.2) is 24.3 Å². The Labute approximate surface area is 157 Å². The third-order valence-corrected chi connectivity index (χ3v) is 4.19. The van der Waals surface area contributed by atoms with Crippen molar-refractivity contribution in [3.05, 3.63) is 35.6 Å². The van der Waals surface area contributed by atoms with Gasteiger partial charge >= 0.3 is 5.97 Å². The van der Waals surface area contributed by atoms with Gasteiger partial charge in [-0.1, -0.05) is 12.1 Å². The van der Waals surface area contributed by atoms with E-state index in [2.05, 4.69) is 11.9 Å². The summed E-state index contributed by atoms with van der Waals surface area (Å²) in [5.41, 5.74) is 1.15. The highest BCUT2D eigenvalue weighted by Crippen LogP contribution is 2.32. The number of piperidine rings is 1. The number of aliphatic hydroxyl groups excluding tert-OH is 4. The summed E-state index contributed by atoms with van der Waals surface area (Å²) in [6, 6.07) is 6.69. The van der Waals surface area contributed by atoms with Crippen molar-refractivity contribution in [2.75, 3.05) is 33.9 Å². The molecule has 0 aromatic heterocycles. The van der Waals surface area contributed by atoms with E-state index in [-0.39, 0.29) is 24.6 Å². The number of carbonyl (C=O) groups is 2. The zero-order valence-corrected chi connectivity index (χ0v) is 15.4. The second kappa shape index (κ2) is 13.3. The van der Waals surface area contributed by atoms with Crippen molar-refractivity contribution >= 4 is 12.3 Å². The molecule has 0 saturated carbocycles. The second-order valence-electron chi connectivity index (χ2n) is 6.06. The first-order valence-electron chi connectivity index (χ1n) is 8.34. The quantitative estimate of drug-likeness (QED) is 0.423. The zero-order chi connectivity index (χ0) is 21.0. The number of likely N-dealkylation sites (tertiary alicyclic amines) is 1. The molecule has 1 aromatic rings. The molecule has 5 N–H and O–H groups in total. The SMILES string of the molecule is CN1CCC(c2ccc(F)cc2)[C@H](CO)C1.CO.O=CC(O)C(O)C(=O)O. The molecule has 0 aliphatic carbocycles. The standard InChI is InChI=1S/C13H18FNO.C4H6O5.CH4O/c1-15-7-6-13(11(8-15)9-16)10-2-4-12(14)5-3-10;5-1-2(6)3(7)4(8)9;1-2/h2-5,11,13,16H,6-9H2,1H3;1-3,6-7H,(H,8,9);2H,1H3/t11-,13?;;/m0../s1. The monoisotopic (exact) mass is 389 g/mol. The van der Waals surface area contributed by atoms with Crippen LogP contribution in [-0.4, -0.2) is 88.7 Å². The van der Waals surface area contributed by atoms with Crippen LogP contribution < -0.4 is 0 Å². The zero-order valence-electron chi connectivity index (χ0n) is 15.4. The molecule has 8 nitrogen and oxygen atoms in total. The molecule has 0 radical (unpaired) electrons. The van der Waals surface area contributed by atoms with E-state index in [1.54, 1.807) is 0 Å². The van der Waals surface area contributed by atoms with E-state index in [4.69, 9.17) is 20.4 Å². The predicted octanol–water partition coefficient (Wildman–Crippen LogP) is -0.546. The fourth-order valence-electron chi connectivity index (χ4n) is 2.77. The predicted molar refractivity (Wildman–Crippen MR) is 95.7 cm³/mol. The Hall–Kier alpha value is -1.91. The van der Waals surface area contributed by atoms with E-state index < -0.39 is 18.2 Å².